The number of methoxy groups -OCH3 is 1. The Morgan fingerprint density at radius 1 is 1.13 bits per heavy atom. The van der Waals surface area contributed by atoms with Crippen molar-refractivity contribution in [3.63, 3.8) is 0 Å². The Labute approximate surface area is 174 Å². The van der Waals surface area contributed by atoms with Gasteiger partial charge < -0.3 is 24.3 Å². The molecule has 0 bridgehead atoms. The van der Waals surface area contributed by atoms with Gasteiger partial charge in [-0.25, -0.2) is 9.59 Å². The molecule has 0 spiro atoms. The van der Waals surface area contributed by atoms with Crippen molar-refractivity contribution >= 4 is 17.7 Å². The van der Waals surface area contributed by atoms with Gasteiger partial charge in [0.2, 0.25) is 6.79 Å². The second-order valence-corrected chi connectivity index (χ2v) is 6.79. The van der Waals surface area contributed by atoms with Gasteiger partial charge in [-0.05, 0) is 24.6 Å². The van der Waals surface area contributed by atoms with E-state index in [1.54, 1.807) is 25.1 Å². The molecule has 0 radical (unpaired) electrons. The van der Waals surface area contributed by atoms with Gasteiger partial charge >= 0.3 is 12.0 Å². The molecule has 1 atom stereocenters. The first-order valence-corrected chi connectivity index (χ1v) is 9.52. The van der Waals surface area contributed by atoms with Crippen molar-refractivity contribution in [2.45, 2.75) is 13.0 Å². The number of nitrogens with zero attached hydrogens (tertiary/aromatic N) is 1. The Balaban J connectivity index is 1.75. The van der Waals surface area contributed by atoms with E-state index in [0.29, 0.717) is 28.5 Å². The summed E-state index contributed by atoms with van der Waals surface area (Å²) >= 11 is 0. The molecular formula is C22H22N2O6. The van der Waals surface area contributed by atoms with Crippen LogP contribution in [0, 0.1) is 0 Å². The summed E-state index contributed by atoms with van der Waals surface area (Å²) in [6.45, 7) is 2.26. The largest absolute Gasteiger partial charge is 0.460 e. The van der Waals surface area contributed by atoms with E-state index in [0.717, 1.165) is 5.56 Å². The lowest BCUT2D eigenvalue weighted by molar-refractivity contribution is -0.140. The number of carbonyl (C=O) groups is 2. The number of esters is 1. The predicted molar refractivity (Wildman–Crippen MR) is 108 cm³/mol. The van der Waals surface area contributed by atoms with E-state index >= 15 is 0 Å². The normalized spacial score (nSPS) is 17.7. The van der Waals surface area contributed by atoms with Crippen molar-refractivity contribution in [2.24, 2.45) is 0 Å². The number of carbonyl (C=O) groups excluding carboxylic acids is 2. The van der Waals surface area contributed by atoms with Crippen LogP contribution in [-0.2, 0) is 14.3 Å². The van der Waals surface area contributed by atoms with Gasteiger partial charge in [0.05, 0.1) is 23.9 Å². The lowest BCUT2D eigenvalue weighted by atomic mass is 9.94. The number of anilines is 1. The molecule has 2 aromatic rings. The van der Waals surface area contributed by atoms with E-state index in [4.69, 9.17) is 18.9 Å². The average molecular weight is 410 g/mol. The minimum Gasteiger partial charge on any atom is -0.460 e. The monoisotopic (exact) mass is 410 g/mol. The maximum absolute atomic E-state index is 13.1. The zero-order valence-electron chi connectivity index (χ0n) is 16.7. The first-order chi connectivity index (χ1) is 14.6. The molecule has 2 aliphatic rings. The summed E-state index contributed by atoms with van der Waals surface area (Å²) in [5.41, 5.74) is 2.18. The molecule has 8 heteroatoms. The summed E-state index contributed by atoms with van der Waals surface area (Å²) < 4.78 is 21.1. The highest BCUT2D eigenvalue weighted by molar-refractivity contribution is 6.03. The first-order valence-electron chi connectivity index (χ1n) is 9.52. The lowest BCUT2D eigenvalue weighted by Crippen LogP contribution is -2.48. The number of hydrogen-bond donors (Lipinski definition) is 1. The fraction of sp³-hybridized carbons (Fsp3) is 0.273. The number of urea groups is 1. The zero-order chi connectivity index (χ0) is 21.1. The number of amides is 2. The van der Waals surface area contributed by atoms with Gasteiger partial charge in [0.25, 0.3) is 0 Å². The van der Waals surface area contributed by atoms with Crippen molar-refractivity contribution in [1.82, 2.24) is 5.32 Å². The van der Waals surface area contributed by atoms with Crippen LogP contribution in [0.4, 0.5) is 10.5 Å². The summed E-state index contributed by atoms with van der Waals surface area (Å²) in [6, 6.07) is 13.5. The average Bonchev–Trinajstić information content (AvgIpc) is 3.22. The summed E-state index contributed by atoms with van der Waals surface area (Å²) in [5, 5.41) is 2.93. The molecule has 156 valence electrons. The van der Waals surface area contributed by atoms with Crippen molar-refractivity contribution in [1.29, 1.82) is 0 Å². The molecule has 0 saturated carbocycles. The van der Waals surface area contributed by atoms with Crippen molar-refractivity contribution in [2.75, 3.05) is 32.0 Å². The number of fused-ring (bicyclic) bond motifs is 1. The number of hydrogen-bond acceptors (Lipinski definition) is 6. The highest BCUT2D eigenvalue weighted by atomic mass is 16.7. The van der Waals surface area contributed by atoms with E-state index in [9.17, 15) is 9.59 Å². The third-order valence-corrected chi connectivity index (χ3v) is 4.97. The molecule has 2 amide bonds. The third-order valence-electron chi connectivity index (χ3n) is 4.97. The molecule has 2 heterocycles. The van der Waals surface area contributed by atoms with E-state index in [2.05, 4.69) is 5.32 Å². The van der Waals surface area contributed by atoms with Crippen LogP contribution in [0.2, 0.25) is 0 Å². The van der Waals surface area contributed by atoms with E-state index < -0.39 is 12.0 Å². The molecule has 0 fully saturated rings. The molecule has 0 saturated heterocycles. The minimum absolute atomic E-state index is 0.117. The van der Waals surface area contributed by atoms with Crippen LogP contribution < -0.4 is 19.7 Å². The van der Waals surface area contributed by atoms with Crippen molar-refractivity contribution in [3.8, 4) is 11.5 Å². The van der Waals surface area contributed by atoms with Crippen molar-refractivity contribution in [3.05, 3.63) is 65.4 Å². The van der Waals surface area contributed by atoms with Crippen molar-refractivity contribution < 1.29 is 28.5 Å². The van der Waals surface area contributed by atoms with Crippen LogP contribution in [-0.4, -0.2) is 39.1 Å². The second kappa shape index (κ2) is 8.46. The summed E-state index contributed by atoms with van der Waals surface area (Å²) in [6.07, 6.45) is 0. The minimum atomic E-state index is -0.626. The smallest absolute Gasteiger partial charge is 0.338 e. The molecule has 4 rings (SSSR count). The van der Waals surface area contributed by atoms with Gasteiger partial charge in [-0.3, -0.25) is 4.90 Å². The molecular weight excluding hydrogens is 388 g/mol. The van der Waals surface area contributed by atoms with Crippen LogP contribution in [0.3, 0.4) is 0 Å². The molecule has 0 aliphatic carbocycles. The summed E-state index contributed by atoms with van der Waals surface area (Å²) in [5.74, 6) is 0.644. The number of ether oxygens (including phenoxy) is 4. The van der Waals surface area contributed by atoms with Gasteiger partial charge in [0, 0.05) is 18.9 Å². The number of rotatable bonds is 6. The Kier molecular flexibility index (Phi) is 5.58. The Morgan fingerprint density at radius 2 is 1.90 bits per heavy atom. The molecule has 1 unspecified atom stereocenters. The quantitative estimate of drug-likeness (QED) is 0.582. The number of benzene rings is 2. The second-order valence-electron chi connectivity index (χ2n) is 6.79. The summed E-state index contributed by atoms with van der Waals surface area (Å²) in [4.78, 5) is 27.5. The maximum atomic E-state index is 13.1. The van der Waals surface area contributed by atoms with Crippen LogP contribution in [0.5, 0.6) is 11.5 Å². The highest BCUT2D eigenvalue weighted by Gasteiger charge is 2.37. The van der Waals surface area contributed by atoms with Crippen LogP contribution >= 0.6 is 0 Å². The van der Waals surface area contributed by atoms with E-state index in [1.807, 2.05) is 30.3 Å². The molecule has 8 nitrogen and oxygen atoms in total. The molecule has 30 heavy (non-hydrogen) atoms. The number of allylic oxidation sites excluding steroid dienone is 1. The van der Waals surface area contributed by atoms with Crippen LogP contribution in [0.1, 0.15) is 18.5 Å². The standard InChI is InChI=1S/C22H22N2O6/c1-14-19(21(25)28-11-10-27-2)20(15-6-4-3-5-7-15)23-22(26)24(14)16-8-9-17-18(12-16)30-13-29-17/h3-9,12,20H,10-11,13H2,1-2H3,(H,23,26). The Hall–Kier alpha value is -3.52. The third kappa shape index (κ3) is 3.69. The fourth-order valence-electron chi connectivity index (χ4n) is 3.53. The van der Waals surface area contributed by atoms with Gasteiger partial charge in [0.1, 0.15) is 6.61 Å². The fourth-order valence-corrected chi connectivity index (χ4v) is 3.53. The lowest BCUT2D eigenvalue weighted by Gasteiger charge is -2.35. The molecule has 0 aromatic heterocycles. The van der Waals surface area contributed by atoms with Gasteiger partial charge in [0.15, 0.2) is 11.5 Å². The Bertz CT molecular complexity index is 988. The molecule has 2 aromatic carbocycles. The van der Waals surface area contributed by atoms with Gasteiger partial charge in [-0.2, -0.15) is 0 Å². The molecule has 1 N–H and O–H groups in total. The topological polar surface area (TPSA) is 86.3 Å². The highest BCUT2D eigenvalue weighted by Crippen LogP contribution is 2.39. The zero-order valence-corrected chi connectivity index (χ0v) is 16.7. The van der Waals surface area contributed by atoms with Gasteiger partial charge in [-0.15, -0.1) is 0 Å². The Morgan fingerprint density at radius 3 is 2.67 bits per heavy atom. The van der Waals surface area contributed by atoms with Crippen LogP contribution in [0.25, 0.3) is 0 Å². The first kappa shape index (κ1) is 19.8. The van der Waals surface area contributed by atoms with Gasteiger partial charge in [-0.1, -0.05) is 30.3 Å². The SMILES string of the molecule is COCCOC(=O)C1=C(C)N(c2ccc3c(c2)OCO3)C(=O)NC1c1ccccc1. The van der Waals surface area contributed by atoms with E-state index in [-0.39, 0.29) is 26.0 Å². The van der Waals surface area contributed by atoms with E-state index in [1.165, 1.54) is 12.0 Å². The number of nitrogens with one attached hydrogen (secondary N) is 1. The van der Waals surface area contributed by atoms with Crippen LogP contribution in [0.15, 0.2) is 59.8 Å². The summed E-state index contributed by atoms with van der Waals surface area (Å²) in [7, 11) is 1.54. The molecule has 2 aliphatic heterocycles. The maximum Gasteiger partial charge on any atom is 0.338 e. The predicted octanol–water partition coefficient (Wildman–Crippen LogP) is 3.15.